The molecule has 7 rings (SSSR count). The first-order valence-corrected chi connectivity index (χ1v) is 12.8. The number of hydrogen-bond acceptors (Lipinski definition) is 4. The standard InChI is InChI=1S/C28H21Cl2N3O3/c29-18-10-3-1-7-15(18)24(34)22-21-13-6-14-33(21)28(17-9-5-11-19(30)23(17)32-26(28)36)27(22)16-8-2-4-12-20(16)31-25(27)35/h1-5,7-12,21-22H,6,13-14H2,(H,31,35)(H,32,36)/t21-,22-,27+,28+/m0/s1. The Balaban J connectivity index is 1.61. The molecule has 0 aromatic heterocycles. The van der Waals surface area contributed by atoms with Crippen molar-refractivity contribution in [2.45, 2.75) is 29.8 Å². The highest BCUT2D eigenvalue weighted by atomic mass is 35.5. The summed E-state index contributed by atoms with van der Waals surface area (Å²) in [4.78, 5) is 45.3. The number of hydrogen-bond donors (Lipinski definition) is 2. The minimum Gasteiger partial charge on any atom is -0.325 e. The molecule has 4 heterocycles. The number of benzene rings is 3. The van der Waals surface area contributed by atoms with Gasteiger partial charge in [-0.1, -0.05) is 65.7 Å². The first-order chi connectivity index (χ1) is 17.4. The lowest BCUT2D eigenvalue weighted by Crippen LogP contribution is -2.62. The smallest absolute Gasteiger partial charge is 0.251 e. The molecule has 2 fully saturated rings. The lowest BCUT2D eigenvalue weighted by atomic mass is 9.57. The molecule has 6 nitrogen and oxygen atoms in total. The predicted molar refractivity (Wildman–Crippen MR) is 138 cm³/mol. The number of nitrogens with zero attached hydrogens (tertiary/aromatic N) is 1. The summed E-state index contributed by atoms with van der Waals surface area (Å²) in [5, 5.41) is 6.75. The molecule has 180 valence electrons. The number of anilines is 2. The second kappa shape index (κ2) is 7.42. The van der Waals surface area contributed by atoms with Crippen molar-refractivity contribution in [1.29, 1.82) is 0 Å². The van der Waals surface area contributed by atoms with Crippen LogP contribution in [0.2, 0.25) is 10.0 Å². The second-order valence-corrected chi connectivity index (χ2v) is 10.7. The molecular formula is C28H21Cl2N3O3. The number of carbonyl (C=O) groups is 3. The highest BCUT2D eigenvalue weighted by Gasteiger charge is 2.81. The van der Waals surface area contributed by atoms with Gasteiger partial charge in [-0.2, -0.15) is 0 Å². The second-order valence-electron chi connectivity index (χ2n) is 9.86. The molecular weight excluding hydrogens is 497 g/mol. The van der Waals surface area contributed by atoms with Gasteiger partial charge in [0.25, 0.3) is 5.91 Å². The van der Waals surface area contributed by atoms with Crippen LogP contribution < -0.4 is 10.6 Å². The number of fused-ring (bicyclic) bond motifs is 7. The molecule has 0 saturated carbocycles. The van der Waals surface area contributed by atoms with E-state index in [1.807, 2.05) is 30.3 Å². The van der Waals surface area contributed by atoms with E-state index >= 15 is 0 Å². The van der Waals surface area contributed by atoms with Crippen LogP contribution >= 0.6 is 23.2 Å². The third kappa shape index (κ3) is 2.36. The number of para-hydroxylation sites is 2. The number of nitrogens with one attached hydrogen (secondary N) is 2. The molecule has 0 radical (unpaired) electrons. The SMILES string of the molecule is O=C(c1ccccc1Cl)[C@@H]1[C@@H]2CCCN2[C@]2(C(=O)Nc3c(Cl)cccc32)[C@@]12C(=O)Nc1ccccc12. The quantitative estimate of drug-likeness (QED) is 0.468. The zero-order valence-corrected chi connectivity index (χ0v) is 20.6. The number of ketones is 1. The van der Waals surface area contributed by atoms with E-state index in [1.165, 1.54) is 0 Å². The fraction of sp³-hybridized carbons (Fsp3) is 0.250. The van der Waals surface area contributed by atoms with E-state index in [0.29, 0.717) is 51.1 Å². The number of carbonyl (C=O) groups excluding carboxylic acids is 3. The minimum absolute atomic E-state index is 0.232. The van der Waals surface area contributed by atoms with Crippen LogP contribution in [0.25, 0.3) is 0 Å². The number of rotatable bonds is 2. The summed E-state index contributed by atoms with van der Waals surface area (Å²) in [6.45, 7) is 0.577. The maximum atomic E-state index is 14.5. The molecule has 2 N–H and O–H groups in total. The number of halogens is 2. The average molecular weight is 518 g/mol. The Kier molecular flexibility index (Phi) is 4.54. The number of Topliss-reactive ketones (excluding diaryl/α,β-unsaturated/α-hetero) is 1. The maximum Gasteiger partial charge on any atom is 0.251 e. The van der Waals surface area contributed by atoms with E-state index in [0.717, 1.165) is 6.42 Å². The van der Waals surface area contributed by atoms with Crippen LogP contribution in [0.15, 0.2) is 66.7 Å². The third-order valence-electron chi connectivity index (χ3n) is 8.50. The van der Waals surface area contributed by atoms with Crippen LogP contribution in [0, 0.1) is 5.92 Å². The van der Waals surface area contributed by atoms with Crippen LogP contribution in [0.3, 0.4) is 0 Å². The molecule has 0 aliphatic carbocycles. The summed E-state index contributed by atoms with van der Waals surface area (Å²) in [5.41, 5.74) is -0.196. The molecule has 3 aromatic carbocycles. The van der Waals surface area contributed by atoms with Gasteiger partial charge in [0, 0.05) is 22.9 Å². The van der Waals surface area contributed by atoms with E-state index in [9.17, 15) is 14.4 Å². The molecule has 2 amide bonds. The summed E-state index contributed by atoms with van der Waals surface area (Å²) in [5.74, 6) is -1.76. The van der Waals surface area contributed by atoms with Gasteiger partial charge < -0.3 is 10.6 Å². The Bertz CT molecular complexity index is 1510. The maximum absolute atomic E-state index is 14.5. The van der Waals surface area contributed by atoms with Crippen molar-refractivity contribution in [2.24, 2.45) is 5.92 Å². The Labute approximate surface area is 217 Å². The fourth-order valence-electron chi connectivity index (χ4n) is 7.40. The Morgan fingerprint density at radius 1 is 0.861 bits per heavy atom. The molecule has 4 aliphatic heterocycles. The highest BCUT2D eigenvalue weighted by molar-refractivity contribution is 6.36. The van der Waals surface area contributed by atoms with Crippen molar-refractivity contribution in [3.63, 3.8) is 0 Å². The van der Waals surface area contributed by atoms with Crippen molar-refractivity contribution >= 4 is 52.2 Å². The molecule has 0 bridgehead atoms. The van der Waals surface area contributed by atoms with Crippen molar-refractivity contribution in [3.05, 3.63) is 93.5 Å². The van der Waals surface area contributed by atoms with Crippen LogP contribution in [-0.4, -0.2) is 35.1 Å². The lowest BCUT2D eigenvalue weighted by Gasteiger charge is -2.43. The van der Waals surface area contributed by atoms with Crippen LogP contribution in [0.5, 0.6) is 0 Å². The Morgan fingerprint density at radius 2 is 1.58 bits per heavy atom. The number of amides is 2. The van der Waals surface area contributed by atoms with Crippen LogP contribution in [0.4, 0.5) is 11.4 Å². The van der Waals surface area contributed by atoms with Gasteiger partial charge in [0.05, 0.1) is 21.7 Å². The van der Waals surface area contributed by atoms with Gasteiger partial charge in [-0.3, -0.25) is 19.3 Å². The summed E-state index contributed by atoms with van der Waals surface area (Å²) < 4.78 is 0. The molecule has 4 aliphatic rings. The van der Waals surface area contributed by atoms with Crippen molar-refractivity contribution < 1.29 is 14.4 Å². The summed E-state index contributed by atoms with van der Waals surface area (Å²) in [7, 11) is 0. The molecule has 8 heteroatoms. The summed E-state index contributed by atoms with van der Waals surface area (Å²) in [6, 6.07) is 19.3. The van der Waals surface area contributed by atoms with Crippen molar-refractivity contribution in [1.82, 2.24) is 4.90 Å². The Hall–Kier alpha value is -3.19. The minimum atomic E-state index is -1.51. The molecule has 2 saturated heterocycles. The van der Waals surface area contributed by atoms with Gasteiger partial charge >= 0.3 is 0 Å². The average Bonchev–Trinajstić information content (AvgIpc) is 3.59. The largest absolute Gasteiger partial charge is 0.325 e. The van der Waals surface area contributed by atoms with E-state index in [-0.39, 0.29) is 23.6 Å². The van der Waals surface area contributed by atoms with Gasteiger partial charge in [0.2, 0.25) is 5.91 Å². The molecule has 4 atom stereocenters. The van der Waals surface area contributed by atoms with Gasteiger partial charge in [-0.25, -0.2) is 0 Å². The predicted octanol–water partition coefficient (Wildman–Crippen LogP) is 5.01. The van der Waals surface area contributed by atoms with Crippen LogP contribution in [-0.2, 0) is 20.5 Å². The van der Waals surface area contributed by atoms with E-state index in [4.69, 9.17) is 23.2 Å². The van der Waals surface area contributed by atoms with Crippen molar-refractivity contribution in [3.8, 4) is 0 Å². The van der Waals surface area contributed by atoms with Gasteiger partial charge in [-0.05, 0) is 49.2 Å². The van der Waals surface area contributed by atoms with E-state index < -0.39 is 16.9 Å². The normalized spacial score (nSPS) is 29.8. The molecule has 2 spiro atoms. The lowest BCUT2D eigenvalue weighted by molar-refractivity contribution is -0.137. The van der Waals surface area contributed by atoms with Gasteiger partial charge in [0.1, 0.15) is 11.0 Å². The zero-order chi connectivity index (χ0) is 24.8. The summed E-state index contributed by atoms with van der Waals surface area (Å²) in [6.07, 6.45) is 1.49. The molecule has 0 unspecified atom stereocenters. The van der Waals surface area contributed by atoms with Crippen LogP contribution in [0.1, 0.15) is 34.3 Å². The first kappa shape index (κ1) is 22.0. The zero-order valence-electron chi connectivity index (χ0n) is 19.1. The third-order valence-corrected chi connectivity index (χ3v) is 9.15. The van der Waals surface area contributed by atoms with Crippen molar-refractivity contribution in [2.75, 3.05) is 17.2 Å². The summed E-state index contributed by atoms with van der Waals surface area (Å²) >= 11 is 13.1. The van der Waals surface area contributed by atoms with E-state index in [2.05, 4.69) is 15.5 Å². The monoisotopic (exact) mass is 517 g/mol. The fourth-order valence-corrected chi connectivity index (χ4v) is 7.85. The van der Waals surface area contributed by atoms with Gasteiger partial charge in [-0.15, -0.1) is 0 Å². The molecule has 3 aromatic rings. The van der Waals surface area contributed by atoms with E-state index in [1.54, 1.807) is 36.4 Å². The molecule has 36 heavy (non-hydrogen) atoms. The van der Waals surface area contributed by atoms with Gasteiger partial charge in [0.15, 0.2) is 5.78 Å². The highest BCUT2D eigenvalue weighted by Crippen LogP contribution is 2.68. The Morgan fingerprint density at radius 3 is 2.42 bits per heavy atom. The first-order valence-electron chi connectivity index (χ1n) is 12.0. The topological polar surface area (TPSA) is 78.5 Å².